The van der Waals surface area contributed by atoms with Crippen molar-refractivity contribution in [2.75, 3.05) is 6.54 Å². The Labute approximate surface area is 154 Å². The molecule has 0 spiro atoms. The fraction of sp³-hybridized carbons (Fsp3) is 0.364. The Hall–Kier alpha value is -2.62. The molecule has 0 aliphatic heterocycles. The molecule has 0 radical (unpaired) electrons. The van der Waals surface area contributed by atoms with Crippen LogP contribution in [0.4, 0.5) is 4.79 Å². The molecule has 136 valence electrons. The second kappa shape index (κ2) is 8.17. The maximum Gasteiger partial charge on any atom is 0.407 e. The summed E-state index contributed by atoms with van der Waals surface area (Å²) in [7, 11) is 0. The van der Waals surface area contributed by atoms with Crippen LogP contribution in [0.2, 0.25) is 0 Å². The molecule has 0 heterocycles. The number of carbonyl (C=O) groups excluding carboxylic acids is 2. The molecule has 1 atom stereocenters. The van der Waals surface area contributed by atoms with Crippen molar-refractivity contribution in [3.63, 3.8) is 0 Å². The summed E-state index contributed by atoms with van der Waals surface area (Å²) in [5, 5.41) is 2.84. The van der Waals surface area contributed by atoms with Gasteiger partial charge in [0.05, 0.1) is 0 Å². The molecule has 3 rings (SSSR count). The van der Waals surface area contributed by atoms with Crippen molar-refractivity contribution < 1.29 is 14.3 Å². The maximum atomic E-state index is 12.4. The molecule has 1 N–H and O–H groups in total. The first kappa shape index (κ1) is 18.2. The Balaban J connectivity index is 1.57. The van der Waals surface area contributed by atoms with Crippen molar-refractivity contribution in [2.24, 2.45) is 0 Å². The van der Waals surface area contributed by atoms with Crippen molar-refractivity contribution >= 4 is 11.9 Å². The zero-order valence-electron chi connectivity index (χ0n) is 15.2. The number of carbonyl (C=O) groups is 2. The van der Waals surface area contributed by atoms with Crippen LogP contribution in [0, 0.1) is 0 Å². The smallest absolute Gasteiger partial charge is 0.407 e. The highest BCUT2D eigenvalue weighted by Crippen LogP contribution is 2.44. The first-order valence-corrected chi connectivity index (χ1v) is 9.22. The third kappa shape index (κ3) is 3.96. The topological polar surface area (TPSA) is 55.4 Å². The lowest BCUT2D eigenvalue weighted by Gasteiger charge is -2.29. The largest absolute Gasteiger partial charge is 0.445 e. The zero-order valence-corrected chi connectivity index (χ0v) is 15.2. The van der Waals surface area contributed by atoms with Crippen LogP contribution in [-0.4, -0.2) is 18.4 Å². The normalized spacial score (nSPS) is 18.4. The second-order valence-electron chi connectivity index (χ2n) is 6.91. The van der Waals surface area contributed by atoms with E-state index in [1.54, 1.807) is 0 Å². The van der Waals surface area contributed by atoms with Crippen LogP contribution < -0.4 is 5.32 Å². The fourth-order valence-corrected chi connectivity index (χ4v) is 3.91. The summed E-state index contributed by atoms with van der Waals surface area (Å²) in [6.45, 7) is 2.89. The number of hydrogen-bond donors (Lipinski definition) is 1. The first-order chi connectivity index (χ1) is 12.6. The van der Waals surface area contributed by atoms with E-state index in [0.717, 1.165) is 36.0 Å². The number of rotatable bonds is 7. The molecule has 0 saturated heterocycles. The molecule has 1 aliphatic carbocycles. The fourth-order valence-electron chi connectivity index (χ4n) is 3.91. The number of benzene rings is 2. The quantitative estimate of drug-likeness (QED) is 0.791. The van der Waals surface area contributed by atoms with Crippen LogP contribution in [0.5, 0.6) is 0 Å². The predicted octanol–water partition coefficient (Wildman–Crippen LogP) is 4.63. The van der Waals surface area contributed by atoms with Crippen molar-refractivity contribution in [3.8, 4) is 0 Å². The molecule has 2 aromatic carbocycles. The molecule has 1 aliphatic rings. The number of ketones is 1. The van der Waals surface area contributed by atoms with Gasteiger partial charge in [0, 0.05) is 23.9 Å². The summed E-state index contributed by atoms with van der Waals surface area (Å²) >= 11 is 0. The minimum atomic E-state index is -0.418. The molecule has 2 aromatic rings. The minimum Gasteiger partial charge on any atom is -0.445 e. The third-order valence-corrected chi connectivity index (χ3v) is 5.11. The van der Waals surface area contributed by atoms with E-state index < -0.39 is 6.09 Å². The van der Waals surface area contributed by atoms with Crippen molar-refractivity contribution in [3.05, 3.63) is 71.3 Å². The van der Waals surface area contributed by atoms with Gasteiger partial charge in [0.25, 0.3) is 0 Å². The van der Waals surface area contributed by atoms with Crippen LogP contribution in [0.3, 0.4) is 0 Å². The summed E-state index contributed by atoms with van der Waals surface area (Å²) in [5.74, 6) is 0.209. The summed E-state index contributed by atoms with van der Waals surface area (Å²) < 4.78 is 5.26. The van der Waals surface area contributed by atoms with Crippen LogP contribution in [0.25, 0.3) is 0 Å². The van der Waals surface area contributed by atoms with Gasteiger partial charge in [0.2, 0.25) is 0 Å². The Morgan fingerprint density at radius 3 is 2.58 bits per heavy atom. The molecular weight excluding hydrogens is 326 g/mol. The Bertz CT molecular complexity index is 772. The molecular formula is C22H25NO3. The molecule has 0 fully saturated rings. The minimum absolute atomic E-state index is 0.171. The number of Topliss-reactive ketones (excluding diaryl/α,β-unsaturated/α-hetero) is 1. The Kier molecular flexibility index (Phi) is 5.71. The number of alkyl carbamates (subject to hydrolysis) is 1. The van der Waals surface area contributed by atoms with Gasteiger partial charge in [0.15, 0.2) is 5.78 Å². The molecule has 4 nitrogen and oxygen atoms in total. The first-order valence-electron chi connectivity index (χ1n) is 9.22. The van der Waals surface area contributed by atoms with Gasteiger partial charge in [0.1, 0.15) is 6.61 Å². The second-order valence-corrected chi connectivity index (χ2v) is 6.91. The zero-order chi connectivity index (χ0) is 18.4. The van der Waals surface area contributed by atoms with Gasteiger partial charge >= 0.3 is 6.09 Å². The predicted molar refractivity (Wildman–Crippen MR) is 101 cm³/mol. The lowest BCUT2D eigenvalue weighted by Crippen LogP contribution is -2.32. The van der Waals surface area contributed by atoms with E-state index >= 15 is 0 Å². The number of nitrogens with one attached hydrogen (secondary N) is 1. The lowest BCUT2D eigenvalue weighted by molar-refractivity contribution is 0.0968. The number of amides is 1. The van der Waals surface area contributed by atoms with E-state index in [-0.39, 0.29) is 17.8 Å². The summed E-state index contributed by atoms with van der Waals surface area (Å²) in [6.07, 6.45) is 2.79. The summed E-state index contributed by atoms with van der Waals surface area (Å²) in [5.41, 5.74) is 2.76. The van der Waals surface area contributed by atoms with E-state index in [9.17, 15) is 9.59 Å². The lowest BCUT2D eigenvalue weighted by atomic mass is 9.75. The van der Waals surface area contributed by atoms with Gasteiger partial charge in [-0.2, -0.15) is 0 Å². The monoisotopic (exact) mass is 351 g/mol. The van der Waals surface area contributed by atoms with Crippen LogP contribution in [0.15, 0.2) is 54.6 Å². The molecule has 1 amide bonds. The number of hydrogen-bond acceptors (Lipinski definition) is 3. The molecule has 0 saturated carbocycles. The molecule has 0 bridgehead atoms. The van der Waals surface area contributed by atoms with Gasteiger partial charge in [-0.25, -0.2) is 4.79 Å². The highest BCUT2D eigenvalue weighted by molar-refractivity contribution is 6.02. The van der Waals surface area contributed by atoms with E-state index in [1.807, 2.05) is 48.5 Å². The van der Waals surface area contributed by atoms with Crippen LogP contribution in [-0.2, 0) is 16.8 Å². The SMILES string of the molecule is CCCC1(CCNC(=O)OCc2ccccc2)CC(=O)c2ccccc21. The molecule has 0 aromatic heterocycles. The average molecular weight is 351 g/mol. The van der Waals surface area contributed by atoms with Gasteiger partial charge < -0.3 is 10.1 Å². The van der Waals surface area contributed by atoms with Crippen LogP contribution >= 0.6 is 0 Å². The number of fused-ring (bicyclic) bond motifs is 1. The van der Waals surface area contributed by atoms with Gasteiger partial charge in [-0.15, -0.1) is 0 Å². The van der Waals surface area contributed by atoms with Gasteiger partial charge in [-0.05, 0) is 24.0 Å². The maximum absolute atomic E-state index is 12.4. The van der Waals surface area contributed by atoms with Crippen molar-refractivity contribution in [1.29, 1.82) is 0 Å². The van der Waals surface area contributed by atoms with Gasteiger partial charge in [-0.1, -0.05) is 67.9 Å². The third-order valence-electron chi connectivity index (χ3n) is 5.11. The summed E-state index contributed by atoms with van der Waals surface area (Å²) in [4.78, 5) is 24.4. The standard InChI is InChI=1S/C22H25NO3/c1-2-12-22(15-20(24)18-10-6-7-11-19(18)22)13-14-23-21(25)26-16-17-8-4-3-5-9-17/h3-11H,2,12-16H2,1H3,(H,23,25). The highest BCUT2D eigenvalue weighted by atomic mass is 16.5. The van der Waals surface area contributed by atoms with E-state index in [2.05, 4.69) is 18.3 Å². The number of ether oxygens (including phenoxy) is 1. The van der Waals surface area contributed by atoms with Crippen LogP contribution in [0.1, 0.15) is 54.1 Å². The highest BCUT2D eigenvalue weighted by Gasteiger charge is 2.41. The van der Waals surface area contributed by atoms with E-state index in [1.165, 1.54) is 0 Å². The molecule has 26 heavy (non-hydrogen) atoms. The Morgan fingerprint density at radius 2 is 1.81 bits per heavy atom. The molecule has 4 heteroatoms. The van der Waals surface area contributed by atoms with Gasteiger partial charge in [-0.3, -0.25) is 4.79 Å². The summed E-state index contributed by atoms with van der Waals surface area (Å²) in [6, 6.07) is 17.5. The molecule has 1 unspecified atom stereocenters. The van der Waals surface area contributed by atoms with Crippen molar-refractivity contribution in [1.82, 2.24) is 5.32 Å². The Morgan fingerprint density at radius 1 is 1.08 bits per heavy atom. The van der Waals surface area contributed by atoms with E-state index in [0.29, 0.717) is 13.0 Å². The average Bonchev–Trinajstić information content (AvgIpc) is 2.94. The van der Waals surface area contributed by atoms with Crippen molar-refractivity contribution in [2.45, 2.75) is 44.6 Å². The van der Waals surface area contributed by atoms with E-state index in [4.69, 9.17) is 4.74 Å².